The van der Waals surface area contributed by atoms with Gasteiger partial charge < -0.3 is 9.80 Å². The van der Waals surface area contributed by atoms with Gasteiger partial charge in [0.25, 0.3) is 0 Å². The summed E-state index contributed by atoms with van der Waals surface area (Å²) in [6, 6.07) is 10.0. The molecule has 2 heterocycles. The zero-order chi connectivity index (χ0) is 16.1. The third-order valence-electron chi connectivity index (χ3n) is 5.00. The van der Waals surface area contributed by atoms with Crippen molar-refractivity contribution in [3.05, 3.63) is 53.6 Å². The number of piperidine rings is 1. The van der Waals surface area contributed by atoms with Gasteiger partial charge in [0.2, 0.25) is 5.91 Å². The van der Waals surface area contributed by atoms with Crippen molar-refractivity contribution in [2.75, 3.05) is 33.2 Å². The average Bonchev–Trinajstić information content (AvgIpc) is 2.61. The molecule has 0 bridgehead atoms. The molecule has 1 aromatic rings. The molecule has 1 fully saturated rings. The van der Waals surface area contributed by atoms with Crippen molar-refractivity contribution < 1.29 is 4.79 Å². The Hall–Kier alpha value is -1.87. The third-order valence-corrected chi connectivity index (χ3v) is 5.00. The molecule has 122 valence electrons. The quantitative estimate of drug-likeness (QED) is 0.632. The summed E-state index contributed by atoms with van der Waals surface area (Å²) >= 11 is 0. The number of hydrogen-bond donors (Lipinski definition) is 0. The maximum absolute atomic E-state index is 12.3. The van der Waals surface area contributed by atoms with Crippen molar-refractivity contribution >= 4 is 12.0 Å². The van der Waals surface area contributed by atoms with E-state index in [0.29, 0.717) is 5.92 Å². The van der Waals surface area contributed by atoms with E-state index in [-0.39, 0.29) is 5.91 Å². The van der Waals surface area contributed by atoms with Crippen molar-refractivity contribution in [1.82, 2.24) is 9.80 Å². The van der Waals surface area contributed by atoms with Crippen LogP contribution in [0.5, 0.6) is 0 Å². The number of rotatable bonds is 3. The van der Waals surface area contributed by atoms with Gasteiger partial charge in [-0.05, 0) is 43.9 Å². The van der Waals surface area contributed by atoms with Crippen molar-refractivity contribution in [3.8, 4) is 0 Å². The van der Waals surface area contributed by atoms with E-state index >= 15 is 0 Å². The smallest absolute Gasteiger partial charge is 0.246 e. The topological polar surface area (TPSA) is 23.6 Å². The Morgan fingerprint density at radius 3 is 2.52 bits per heavy atom. The second-order valence-corrected chi connectivity index (χ2v) is 6.63. The van der Waals surface area contributed by atoms with Gasteiger partial charge in [-0.2, -0.15) is 0 Å². The second-order valence-electron chi connectivity index (χ2n) is 6.63. The molecule has 3 heteroatoms. The number of likely N-dealkylation sites (N-methyl/N-ethyl adjacent to an activating group) is 1. The Kier molecular flexibility index (Phi) is 5.29. The van der Waals surface area contributed by atoms with Crippen LogP contribution in [0.3, 0.4) is 0 Å². The number of nitrogens with zero attached hydrogens (tertiary/aromatic N) is 2. The van der Waals surface area contributed by atoms with Crippen LogP contribution in [0.2, 0.25) is 0 Å². The first kappa shape index (κ1) is 16.0. The summed E-state index contributed by atoms with van der Waals surface area (Å²) in [6.07, 6.45) is 9.45. The highest BCUT2D eigenvalue weighted by atomic mass is 16.2. The fourth-order valence-corrected chi connectivity index (χ4v) is 3.46. The molecule has 0 aliphatic carbocycles. The molecule has 3 rings (SSSR count). The van der Waals surface area contributed by atoms with Gasteiger partial charge in [-0.1, -0.05) is 42.0 Å². The third kappa shape index (κ3) is 4.32. The van der Waals surface area contributed by atoms with Crippen molar-refractivity contribution in [3.63, 3.8) is 0 Å². The fourth-order valence-electron chi connectivity index (χ4n) is 3.46. The van der Waals surface area contributed by atoms with Crippen LogP contribution in [0.1, 0.15) is 24.8 Å². The van der Waals surface area contributed by atoms with E-state index < -0.39 is 0 Å². The first-order valence-corrected chi connectivity index (χ1v) is 8.62. The van der Waals surface area contributed by atoms with Gasteiger partial charge in [0.05, 0.1) is 0 Å². The largest absolute Gasteiger partial charge is 0.339 e. The lowest BCUT2D eigenvalue weighted by molar-refractivity contribution is -0.127. The van der Waals surface area contributed by atoms with E-state index in [9.17, 15) is 4.79 Å². The van der Waals surface area contributed by atoms with Crippen molar-refractivity contribution in [2.24, 2.45) is 5.92 Å². The van der Waals surface area contributed by atoms with Gasteiger partial charge in [-0.3, -0.25) is 4.79 Å². The van der Waals surface area contributed by atoms with Crippen molar-refractivity contribution in [2.45, 2.75) is 19.3 Å². The monoisotopic (exact) mass is 310 g/mol. The highest BCUT2D eigenvalue weighted by Crippen LogP contribution is 2.28. The molecular formula is C20H26N2O. The van der Waals surface area contributed by atoms with E-state index in [1.807, 2.05) is 41.3 Å². The van der Waals surface area contributed by atoms with Crippen LogP contribution in [0, 0.1) is 5.92 Å². The number of hydrogen-bond acceptors (Lipinski definition) is 2. The molecule has 3 nitrogen and oxygen atoms in total. The Morgan fingerprint density at radius 1 is 1.13 bits per heavy atom. The van der Waals surface area contributed by atoms with Gasteiger partial charge in [-0.15, -0.1) is 0 Å². The van der Waals surface area contributed by atoms with E-state index in [4.69, 9.17) is 0 Å². The molecule has 0 spiro atoms. The zero-order valence-corrected chi connectivity index (χ0v) is 13.9. The Morgan fingerprint density at radius 2 is 1.87 bits per heavy atom. The van der Waals surface area contributed by atoms with Gasteiger partial charge in [-0.25, -0.2) is 0 Å². The second kappa shape index (κ2) is 7.60. The average molecular weight is 310 g/mol. The predicted molar refractivity (Wildman–Crippen MR) is 95.0 cm³/mol. The van der Waals surface area contributed by atoms with Crippen molar-refractivity contribution in [1.29, 1.82) is 0 Å². The maximum Gasteiger partial charge on any atom is 0.246 e. The van der Waals surface area contributed by atoms with Crippen LogP contribution in [0.15, 0.2) is 48.1 Å². The first-order valence-electron chi connectivity index (χ1n) is 8.62. The summed E-state index contributed by atoms with van der Waals surface area (Å²) < 4.78 is 0. The van der Waals surface area contributed by atoms with Crippen LogP contribution in [0.25, 0.3) is 6.08 Å². The first-order chi connectivity index (χ1) is 11.2. The summed E-state index contributed by atoms with van der Waals surface area (Å²) in [5.41, 5.74) is 2.70. The van der Waals surface area contributed by atoms with Gasteiger partial charge in [0.1, 0.15) is 0 Å². The summed E-state index contributed by atoms with van der Waals surface area (Å²) in [5.74, 6) is 0.829. The lowest BCUT2D eigenvalue weighted by Crippen LogP contribution is -2.38. The van der Waals surface area contributed by atoms with Gasteiger partial charge in [0.15, 0.2) is 0 Å². The highest BCUT2D eigenvalue weighted by molar-refractivity contribution is 5.91. The van der Waals surface area contributed by atoms with Gasteiger partial charge in [0, 0.05) is 32.3 Å². The van der Waals surface area contributed by atoms with E-state index in [2.05, 4.69) is 18.0 Å². The Labute approximate surface area is 139 Å². The predicted octanol–water partition coefficient (Wildman–Crippen LogP) is 3.20. The molecule has 23 heavy (non-hydrogen) atoms. The minimum Gasteiger partial charge on any atom is -0.339 e. The molecule has 0 aromatic heterocycles. The Balaban J connectivity index is 1.50. The molecule has 1 aromatic carbocycles. The van der Waals surface area contributed by atoms with Crippen LogP contribution < -0.4 is 0 Å². The number of amides is 1. The molecule has 2 aliphatic heterocycles. The summed E-state index contributed by atoms with van der Waals surface area (Å²) in [5, 5.41) is 0. The normalized spacial score (nSPS) is 20.7. The summed E-state index contributed by atoms with van der Waals surface area (Å²) in [6.45, 7) is 4.02. The molecule has 1 saturated heterocycles. The zero-order valence-electron chi connectivity index (χ0n) is 13.9. The SMILES string of the molecule is CN1CC=C(C2CCN(C(=O)C=Cc3ccccc3)CC2)CC1. The fraction of sp³-hybridized carbons (Fsp3) is 0.450. The highest BCUT2D eigenvalue weighted by Gasteiger charge is 2.25. The van der Waals surface area contributed by atoms with Crippen LogP contribution in [0.4, 0.5) is 0 Å². The van der Waals surface area contributed by atoms with Crippen LogP contribution >= 0.6 is 0 Å². The standard InChI is InChI=1S/C20H26N2O/c1-21-13-9-18(10-14-21)19-11-15-22(16-12-19)20(23)8-7-17-5-3-2-4-6-17/h2-9,19H,10-16H2,1H3. The summed E-state index contributed by atoms with van der Waals surface area (Å²) in [4.78, 5) is 16.7. The minimum absolute atomic E-state index is 0.143. The number of benzene rings is 1. The maximum atomic E-state index is 12.3. The molecule has 2 aliphatic rings. The molecule has 0 unspecified atom stereocenters. The molecule has 1 amide bonds. The number of likely N-dealkylation sites (tertiary alicyclic amines) is 1. The lowest BCUT2D eigenvalue weighted by Gasteiger charge is -2.34. The van der Waals surface area contributed by atoms with Crippen LogP contribution in [-0.2, 0) is 4.79 Å². The molecule has 0 radical (unpaired) electrons. The van der Waals surface area contributed by atoms with E-state index in [0.717, 1.165) is 38.0 Å². The van der Waals surface area contributed by atoms with Crippen LogP contribution in [-0.4, -0.2) is 48.9 Å². The Bertz CT molecular complexity index is 583. The molecular weight excluding hydrogens is 284 g/mol. The number of carbonyl (C=O) groups is 1. The number of carbonyl (C=O) groups excluding carboxylic acids is 1. The lowest BCUT2D eigenvalue weighted by atomic mass is 9.86. The van der Waals surface area contributed by atoms with E-state index in [1.165, 1.54) is 13.0 Å². The van der Waals surface area contributed by atoms with E-state index in [1.54, 1.807) is 11.6 Å². The molecule has 0 saturated carbocycles. The summed E-state index contributed by atoms with van der Waals surface area (Å²) in [7, 11) is 2.17. The van der Waals surface area contributed by atoms with Gasteiger partial charge >= 0.3 is 0 Å². The molecule has 0 N–H and O–H groups in total. The molecule has 0 atom stereocenters. The minimum atomic E-state index is 0.143.